The topological polar surface area (TPSA) is 32.3 Å². The van der Waals surface area contributed by atoms with Gasteiger partial charge >= 0.3 is 0 Å². The first-order valence-corrected chi connectivity index (χ1v) is 7.46. The predicted octanol–water partition coefficient (Wildman–Crippen LogP) is 3.22. The Morgan fingerprint density at radius 3 is 2.70 bits per heavy atom. The Kier molecular flexibility index (Phi) is 5.12. The molecule has 0 spiro atoms. The maximum atomic E-state index is 13.9. The lowest BCUT2D eigenvalue weighted by molar-refractivity contribution is -0.129. The third-order valence-electron chi connectivity index (χ3n) is 3.83. The van der Waals surface area contributed by atoms with Crippen LogP contribution in [0.5, 0.6) is 0 Å². The maximum absolute atomic E-state index is 13.9. The molecule has 1 saturated heterocycles. The van der Waals surface area contributed by atoms with E-state index in [9.17, 15) is 9.18 Å². The number of carbonyl (C=O) groups is 1. The van der Waals surface area contributed by atoms with E-state index in [4.69, 9.17) is 0 Å². The SMILES string of the molecule is CCCCCCN1C(=O)C(C)NC1c1ccccc1F. The van der Waals surface area contributed by atoms with E-state index in [1.165, 1.54) is 18.9 Å². The lowest BCUT2D eigenvalue weighted by atomic mass is 10.1. The van der Waals surface area contributed by atoms with Crippen molar-refractivity contribution in [3.05, 3.63) is 35.6 Å². The van der Waals surface area contributed by atoms with Gasteiger partial charge in [0.15, 0.2) is 0 Å². The zero-order valence-corrected chi connectivity index (χ0v) is 12.2. The lowest BCUT2D eigenvalue weighted by Gasteiger charge is -2.25. The molecule has 1 aromatic carbocycles. The molecule has 3 nitrogen and oxygen atoms in total. The number of nitrogens with one attached hydrogen (secondary N) is 1. The van der Waals surface area contributed by atoms with Gasteiger partial charge in [-0.3, -0.25) is 10.1 Å². The molecule has 0 aromatic heterocycles. The Labute approximate surface area is 120 Å². The van der Waals surface area contributed by atoms with E-state index in [1.54, 1.807) is 17.0 Å². The Morgan fingerprint density at radius 2 is 2.00 bits per heavy atom. The zero-order valence-electron chi connectivity index (χ0n) is 12.2. The molecular formula is C16H23FN2O. The summed E-state index contributed by atoms with van der Waals surface area (Å²) in [5.41, 5.74) is 0.556. The van der Waals surface area contributed by atoms with Gasteiger partial charge in [-0.2, -0.15) is 0 Å². The van der Waals surface area contributed by atoms with Gasteiger partial charge in [0.05, 0.1) is 6.04 Å². The smallest absolute Gasteiger partial charge is 0.241 e. The summed E-state index contributed by atoms with van der Waals surface area (Å²) in [4.78, 5) is 14.0. The number of benzene rings is 1. The molecule has 0 bridgehead atoms. The first-order chi connectivity index (χ1) is 9.65. The van der Waals surface area contributed by atoms with Crippen molar-refractivity contribution < 1.29 is 9.18 Å². The van der Waals surface area contributed by atoms with Gasteiger partial charge in [-0.1, -0.05) is 44.4 Å². The van der Waals surface area contributed by atoms with Crippen molar-refractivity contribution in [2.24, 2.45) is 0 Å². The highest BCUT2D eigenvalue weighted by atomic mass is 19.1. The number of carbonyl (C=O) groups excluding carboxylic acids is 1. The van der Waals surface area contributed by atoms with Gasteiger partial charge in [-0.05, 0) is 19.4 Å². The maximum Gasteiger partial charge on any atom is 0.241 e. The molecule has 1 aliphatic rings. The fraction of sp³-hybridized carbons (Fsp3) is 0.562. The fourth-order valence-corrected chi connectivity index (χ4v) is 2.68. The molecule has 0 aliphatic carbocycles. The zero-order chi connectivity index (χ0) is 14.5. The second-order valence-corrected chi connectivity index (χ2v) is 5.40. The van der Waals surface area contributed by atoms with E-state index in [1.807, 2.05) is 13.0 Å². The average Bonchev–Trinajstić information content (AvgIpc) is 2.72. The van der Waals surface area contributed by atoms with Crippen LogP contribution in [0.3, 0.4) is 0 Å². The van der Waals surface area contributed by atoms with Gasteiger partial charge < -0.3 is 4.90 Å². The van der Waals surface area contributed by atoms with E-state index in [0.717, 1.165) is 12.8 Å². The van der Waals surface area contributed by atoms with E-state index < -0.39 is 0 Å². The minimum absolute atomic E-state index is 0.0646. The highest BCUT2D eigenvalue weighted by Gasteiger charge is 2.37. The van der Waals surface area contributed by atoms with Crippen LogP contribution in [0.25, 0.3) is 0 Å². The van der Waals surface area contributed by atoms with Crippen molar-refractivity contribution in [2.45, 2.75) is 51.7 Å². The summed E-state index contributed by atoms with van der Waals surface area (Å²) < 4.78 is 13.9. The Morgan fingerprint density at radius 1 is 1.25 bits per heavy atom. The molecule has 1 heterocycles. The van der Waals surface area contributed by atoms with Crippen LogP contribution >= 0.6 is 0 Å². The first kappa shape index (κ1) is 15.0. The summed E-state index contributed by atoms with van der Waals surface area (Å²) in [5, 5.41) is 3.19. The minimum atomic E-state index is -0.333. The Bertz CT molecular complexity index is 464. The van der Waals surface area contributed by atoms with Crippen LogP contribution in [0.1, 0.15) is 51.3 Å². The number of hydrogen-bond acceptors (Lipinski definition) is 2. The molecule has 110 valence electrons. The summed E-state index contributed by atoms with van der Waals surface area (Å²) in [6, 6.07) is 6.43. The van der Waals surface area contributed by atoms with E-state index in [2.05, 4.69) is 12.2 Å². The highest BCUT2D eigenvalue weighted by molar-refractivity contribution is 5.84. The molecular weight excluding hydrogens is 255 g/mol. The number of rotatable bonds is 6. The van der Waals surface area contributed by atoms with Crippen LogP contribution in [0.15, 0.2) is 24.3 Å². The molecule has 0 radical (unpaired) electrons. The Hall–Kier alpha value is -1.42. The molecule has 1 aromatic rings. The summed E-state index contributed by atoms with van der Waals surface area (Å²) in [6.45, 7) is 4.68. The largest absolute Gasteiger partial charge is 0.321 e. The van der Waals surface area contributed by atoms with E-state index in [-0.39, 0.29) is 23.9 Å². The number of amides is 1. The first-order valence-electron chi connectivity index (χ1n) is 7.46. The molecule has 1 aliphatic heterocycles. The summed E-state index contributed by atoms with van der Waals surface area (Å²) in [7, 11) is 0. The van der Waals surface area contributed by atoms with E-state index >= 15 is 0 Å². The lowest BCUT2D eigenvalue weighted by Crippen LogP contribution is -2.32. The van der Waals surface area contributed by atoms with Crippen molar-refractivity contribution in [2.75, 3.05) is 6.54 Å². The molecule has 2 atom stereocenters. The second kappa shape index (κ2) is 6.84. The van der Waals surface area contributed by atoms with Gasteiger partial charge in [0, 0.05) is 12.1 Å². The van der Waals surface area contributed by atoms with Crippen molar-refractivity contribution in [3.63, 3.8) is 0 Å². The van der Waals surface area contributed by atoms with Crippen LogP contribution in [0.4, 0.5) is 4.39 Å². The predicted molar refractivity (Wildman–Crippen MR) is 77.6 cm³/mol. The van der Waals surface area contributed by atoms with Crippen molar-refractivity contribution >= 4 is 5.91 Å². The standard InChI is InChI=1S/C16H23FN2O/c1-3-4-5-8-11-19-15(18-12(2)16(19)20)13-9-6-7-10-14(13)17/h6-7,9-10,12,15,18H,3-5,8,11H2,1-2H3. The Balaban J connectivity index is 2.10. The normalized spacial score (nSPS) is 22.6. The molecule has 0 saturated carbocycles. The van der Waals surface area contributed by atoms with Crippen molar-refractivity contribution in [1.82, 2.24) is 10.2 Å². The molecule has 1 fully saturated rings. The average molecular weight is 278 g/mol. The van der Waals surface area contributed by atoms with Crippen LogP contribution in [0, 0.1) is 5.82 Å². The quantitative estimate of drug-likeness (QED) is 0.810. The number of halogens is 1. The minimum Gasteiger partial charge on any atom is -0.321 e. The third-order valence-corrected chi connectivity index (χ3v) is 3.83. The number of nitrogens with zero attached hydrogens (tertiary/aromatic N) is 1. The van der Waals surface area contributed by atoms with Gasteiger partial charge in [0.2, 0.25) is 5.91 Å². The van der Waals surface area contributed by atoms with Gasteiger partial charge in [0.1, 0.15) is 12.0 Å². The van der Waals surface area contributed by atoms with Crippen molar-refractivity contribution in [3.8, 4) is 0 Å². The van der Waals surface area contributed by atoms with Gasteiger partial charge in [-0.25, -0.2) is 4.39 Å². The van der Waals surface area contributed by atoms with Crippen LogP contribution < -0.4 is 5.32 Å². The van der Waals surface area contributed by atoms with Crippen LogP contribution in [-0.4, -0.2) is 23.4 Å². The highest BCUT2D eigenvalue weighted by Crippen LogP contribution is 2.27. The second-order valence-electron chi connectivity index (χ2n) is 5.40. The van der Waals surface area contributed by atoms with Crippen LogP contribution in [-0.2, 0) is 4.79 Å². The van der Waals surface area contributed by atoms with Crippen molar-refractivity contribution in [1.29, 1.82) is 0 Å². The molecule has 4 heteroatoms. The molecule has 20 heavy (non-hydrogen) atoms. The molecule has 2 unspecified atom stereocenters. The number of hydrogen-bond donors (Lipinski definition) is 1. The summed E-state index contributed by atoms with van der Waals surface area (Å²) in [6.07, 6.45) is 4.09. The summed E-state index contributed by atoms with van der Waals surface area (Å²) >= 11 is 0. The van der Waals surface area contributed by atoms with E-state index in [0.29, 0.717) is 12.1 Å². The molecule has 2 rings (SSSR count). The van der Waals surface area contributed by atoms with Crippen LogP contribution in [0.2, 0.25) is 0 Å². The number of unbranched alkanes of at least 4 members (excludes halogenated alkanes) is 3. The molecule has 1 N–H and O–H groups in total. The summed E-state index contributed by atoms with van der Waals surface area (Å²) in [5.74, 6) is -0.194. The fourth-order valence-electron chi connectivity index (χ4n) is 2.68. The van der Waals surface area contributed by atoms with Gasteiger partial charge in [-0.15, -0.1) is 0 Å². The monoisotopic (exact) mass is 278 g/mol. The van der Waals surface area contributed by atoms with Gasteiger partial charge in [0.25, 0.3) is 0 Å². The third kappa shape index (κ3) is 3.18. The molecule has 1 amide bonds.